The Morgan fingerprint density at radius 1 is 1.12 bits per heavy atom. The van der Waals surface area contributed by atoms with Crippen LogP contribution in [0.15, 0.2) is 74.7 Å². The van der Waals surface area contributed by atoms with E-state index in [1.165, 1.54) is 12.3 Å². The minimum atomic E-state index is -0.0753. The first-order valence-electron chi connectivity index (χ1n) is 7.95. The summed E-state index contributed by atoms with van der Waals surface area (Å²) in [5, 5.41) is 8.78. The molecule has 4 rings (SSSR count). The molecule has 7 heteroatoms. The van der Waals surface area contributed by atoms with Crippen LogP contribution in [0.25, 0.3) is 11.0 Å². The Balaban J connectivity index is 1.43. The first-order chi connectivity index (χ1) is 12.7. The number of hydrogen-bond donors (Lipinski definition) is 0. The second-order valence-corrected chi connectivity index (χ2v) is 6.68. The summed E-state index contributed by atoms with van der Waals surface area (Å²) < 4.78 is 13.9. The highest BCUT2D eigenvalue weighted by Crippen LogP contribution is 2.19. The van der Waals surface area contributed by atoms with Gasteiger partial charge in [-0.05, 0) is 29.8 Å². The number of rotatable bonds is 5. The van der Waals surface area contributed by atoms with Crippen molar-refractivity contribution in [3.8, 4) is 5.75 Å². The van der Waals surface area contributed by atoms with Crippen molar-refractivity contribution in [1.82, 2.24) is 15.0 Å². The van der Waals surface area contributed by atoms with E-state index in [1.54, 1.807) is 22.9 Å². The maximum absolute atomic E-state index is 11.7. The zero-order valence-corrected chi connectivity index (χ0v) is 15.2. The number of fused-ring (bicyclic) bond motifs is 1. The minimum absolute atomic E-state index is 0.0753. The third-order valence-corrected chi connectivity index (χ3v) is 4.39. The highest BCUT2D eigenvalue weighted by molar-refractivity contribution is 9.10. The van der Waals surface area contributed by atoms with Crippen LogP contribution in [0, 0.1) is 0 Å². The van der Waals surface area contributed by atoms with Gasteiger partial charge in [0.15, 0.2) is 5.43 Å². The fourth-order valence-corrected chi connectivity index (χ4v) is 2.83. The number of nitrogens with zero attached hydrogens (tertiary/aromatic N) is 3. The Labute approximate surface area is 157 Å². The number of benzene rings is 2. The molecule has 0 atom stereocenters. The molecule has 0 aliphatic rings. The molecule has 6 nitrogen and oxygen atoms in total. The number of aromatic nitrogens is 3. The van der Waals surface area contributed by atoms with Crippen molar-refractivity contribution in [3.63, 3.8) is 0 Å². The number of halogens is 1. The number of hydrogen-bond acceptors (Lipinski definition) is 5. The van der Waals surface area contributed by atoms with E-state index in [0.717, 1.165) is 15.7 Å². The van der Waals surface area contributed by atoms with Gasteiger partial charge in [-0.25, -0.2) is 4.68 Å². The Kier molecular flexibility index (Phi) is 4.53. The van der Waals surface area contributed by atoms with Gasteiger partial charge < -0.3 is 9.15 Å². The predicted octanol–water partition coefficient (Wildman–Crippen LogP) is 3.77. The van der Waals surface area contributed by atoms with Gasteiger partial charge in [-0.15, -0.1) is 5.10 Å². The molecule has 0 N–H and O–H groups in total. The van der Waals surface area contributed by atoms with E-state index in [4.69, 9.17) is 9.15 Å². The highest BCUT2D eigenvalue weighted by Gasteiger charge is 2.06. The molecule has 0 saturated heterocycles. The summed E-state index contributed by atoms with van der Waals surface area (Å²) in [6, 6.07) is 14.6. The number of ether oxygens (including phenoxy) is 1. The largest absolute Gasteiger partial charge is 0.487 e. The average Bonchev–Trinajstić information content (AvgIpc) is 3.09. The van der Waals surface area contributed by atoms with Crippen molar-refractivity contribution in [2.24, 2.45) is 0 Å². The van der Waals surface area contributed by atoms with Crippen LogP contribution in [0.3, 0.4) is 0 Å². The summed E-state index contributed by atoms with van der Waals surface area (Å²) in [5.74, 6) is 0.606. The standard InChI is InChI=1S/C19H14BrN3O3/c20-14-3-1-13(2-4-14)10-23-11-15(21-22-23)12-26-16-5-6-17-18(24)7-8-25-19(17)9-16/h1-9,11H,10,12H2. The van der Waals surface area contributed by atoms with Gasteiger partial charge in [-0.3, -0.25) is 4.79 Å². The summed E-state index contributed by atoms with van der Waals surface area (Å²) in [6.07, 6.45) is 3.23. The van der Waals surface area contributed by atoms with E-state index in [1.807, 2.05) is 30.5 Å². The highest BCUT2D eigenvalue weighted by atomic mass is 79.9. The molecule has 2 aromatic heterocycles. The Morgan fingerprint density at radius 3 is 2.81 bits per heavy atom. The van der Waals surface area contributed by atoms with Gasteiger partial charge in [0.1, 0.15) is 23.6 Å². The van der Waals surface area contributed by atoms with E-state index in [9.17, 15) is 4.79 Å². The van der Waals surface area contributed by atoms with E-state index in [-0.39, 0.29) is 12.0 Å². The van der Waals surface area contributed by atoms with Crippen LogP contribution in [0.2, 0.25) is 0 Å². The summed E-state index contributed by atoms with van der Waals surface area (Å²) in [5.41, 5.74) is 2.27. The van der Waals surface area contributed by atoms with Crippen LogP contribution >= 0.6 is 15.9 Å². The van der Waals surface area contributed by atoms with Gasteiger partial charge >= 0.3 is 0 Å². The topological polar surface area (TPSA) is 70.2 Å². The molecule has 4 aromatic rings. The lowest BCUT2D eigenvalue weighted by Gasteiger charge is -2.04. The van der Waals surface area contributed by atoms with Gasteiger partial charge in [0.2, 0.25) is 0 Å². The van der Waals surface area contributed by atoms with E-state index >= 15 is 0 Å². The maximum atomic E-state index is 11.7. The lowest BCUT2D eigenvalue weighted by Crippen LogP contribution is -2.00. The van der Waals surface area contributed by atoms with Crippen molar-refractivity contribution in [2.45, 2.75) is 13.2 Å². The molecular formula is C19H14BrN3O3. The molecule has 0 saturated carbocycles. The normalized spacial score (nSPS) is 11.0. The summed E-state index contributed by atoms with van der Waals surface area (Å²) >= 11 is 3.42. The van der Waals surface area contributed by atoms with Gasteiger partial charge in [0.05, 0.1) is 24.4 Å². The molecule has 130 valence electrons. The maximum Gasteiger partial charge on any atom is 0.192 e. The first-order valence-corrected chi connectivity index (χ1v) is 8.74. The average molecular weight is 412 g/mol. The molecule has 0 fully saturated rings. The molecule has 0 radical (unpaired) electrons. The quantitative estimate of drug-likeness (QED) is 0.499. The van der Waals surface area contributed by atoms with Crippen LogP contribution < -0.4 is 10.2 Å². The van der Waals surface area contributed by atoms with Crippen LogP contribution in [0.1, 0.15) is 11.3 Å². The molecule has 26 heavy (non-hydrogen) atoms. The van der Waals surface area contributed by atoms with Crippen LogP contribution in [-0.2, 0) is 13.2 Å². The minimum Gasteiger partial charge on any atom is -0.487 e. The zero-order valence-electron chi connectivity index (χ0n) is 13.6. The summed E-state index contributed by atoms with van der Waals surface area (Å²) in [7, 11) is 0. The molecule has 0 aliphatic carbocycles. The SMILES string of the molecule is O=c1ccoc2cc(OCc3cn(Cc4ccc(Br)cc4)nn3)ccc12. The Hall–Kier alpha value is -2.93. The van der Waals surface area contributed by atoms with Crippen molar-refractivity contribution in [3.05, 3.63) is 86.9 Å². The van der Waals surface area contributed by atoms with Crippen molar-refractivity contribution >= 4 is 26.9 Å². The van der Waals surface area contributed by atoms with Gasteiger partial charge in [0.25, 0.3) is 0 Å². The fraction of sp³-hybridized carbons (Fsp3) is 0.105. The second-order valence-electron chi connectivity index (χ2n) is 5.77. The molecule has 2 aromatic carbocycles. The van der Waals surface area contributed by atoms with E-state index < -0.39 is 0 Å². The molecule has 0 aliphatic heterocycles. The van der Waals surface area contributed by atoms with Crippen molar-refractivity contribution < 1.29 is 9.15 Å². The van der Waals surface area contributed by atoms with Gasteiger partial charge in [-0.1, -0.05) is 33.3 Å². The smallest absolute Gasteiger partial charge is 0.192 e. The fourth-order valence-electron chi connectivity index (χ4n) is 2.57. The zero-order chi connectivity index (χ0) is 17.9. The molecule has 0 unspecified atom stereocenters. The predicted molar refractivity (Wildman–Crippen MR) is 100 cm³/mol. The first kappa shape index (κ1) is 16.5. The van der Waals surface area contributed by atoms with E-state index in [0.29, 0.717) is 23.3 Å². The van der Waals surface area contributed by atoms with Crippen LogP contribution in [-0.4, -0.2) is 15.0 Å². The van der Waals surface area contributed by atoms with Gasteiger partial charge in [-0.2, -0.15) is 0 Å². The second kappa shape index (κ2) is 7.13. The monoisotopic (exact) mass is 411 g/mol. The third kappa shape index (κ3) is 3.67. The lowest BCUT2D eigenvalue weighted by molar-refractivity contribution is 0.301. The Bertz CT molecular complexity index is 1100. The summed E-state index contributed by atoms with van der Waals surface area (Å²) in [6.45, 7) is 0.921. The molecule has 0 bridgehead atoms. The lowest BCUT2D eigenvalue weighted by atomic mass is 10.2. The third-order valence-electron chi connectivity index (χ3n) is 3.86. The molecule has 0 spiro atoms. The van der Waals surface area contributed by atoms with Gasteiger partial charge in [0, 0.05) is 16.6 Å². The summed E-state index contributed by atoms with van der Waals surface area (Å²) in [4.78, 5) is 11.7. The van der Waals surface area contributed by atoms with Crippen molar-refractivity contribution in [1.29, 1.82) is 0 Å². The van der Waals surface area contributed by atoms with Crippen LogP contribution in [0.4, 0.5) is 0 Å². The van der Waals surface area contributed by atoms with E-state index in [2.05, 4.69) is 26.2 Å². The van der Waals surface area contributed by atoms with Crippen molar-refractivity contribution in [2.75, 3.05) is 0 Å². The Morgan fingerprint density at radius 2 is 1.96 bits per heavy atom. The molecule has 2 heterocycles. The molecular weight excluding hydrogens is 398 g/mol. The molecule has 0 amide bonds. The van der Waals surface area contributed by atoms with Crippen LogP contribution in [0.5, 0.6) is 5.75 Å².